The predicted octanol–water partition coefficient (Wildman–Crippen LogP) is 0.963. The van der Waals surface area contributed by atoms with E-state index in [0.717, 1.165) is 16.5 Å². The molecule has 0 fully saturated rings. The van der Waals surface area contributed by atoms with Gasteiger partial charge in [-0.25, -0.2) is 0 Å². The van der Waals surface area contributed by atoms with Gasteiger partial charge in [0.25, 0.3) is 0 Å². The zero-order valence-corrected chi connectivity index (χ0v) is 14.4. The van der Waals surface area contributed by atoms with E-state index >= 15 is 0 Å². The molecule has 0 saturated heterocycles. The lowest BCUT2D eigenvalue weighted by Gasteiger charge is -2.24. The van der Waals surface area contributed by atoms with Crippen molar-refractivity contribution in [1.29, 1.82) is 0 Å². The molecule has 0 aliphatic rings. The van der Waals surface area contributed by atoms with Crippen molar-refractivity contribution in [2.45, 2.75) is 32.4 Å². The van der Waals surface area contributed by atoms with Gasteiger partial charge in [0.2, 0.25) is 17.7 Å². The first-order valence-corrected chi connectivity index (χ1v) is 8.01. The number of hydrogen-bond donors (Lipinski definition) is 2. The summed E-state index contributed by atoms with van der Waals surface area (Å²) < 4.78 is 0. The number of amides is 3. The van der Waals surface area contributed by atoms with Gasteiger partial charge in [0.1, 0.15) is 6.04 Å². The molecule has 3 amide bonds. The van der Waals surface area contributed by atoms with Gasteiger partial charge in [-0.2, -0.15) is 0 Å². The number of hydrogen-bond acceptors (Lipinski definition) is 4. The summed E-state index contributed by atoms with van der Waals surface area (Å²) in [6.07, 6.45) is 1.93. The van der Waals surface area contributed by atoms with Crippen LogP contribution in [0.3, 0.4) is 0 Å². The van der Waals surface area contributed by atoms with Gasteiger partial charge in [-0.1, -0.05) is 18.2 Å². The van der Waals surface area contributed by atoms with Gasteiger partial charge in [-0.15, -0.1) is 0 Å². The van der Waals surface area contributed by atoms with Crippen LogP contribution in [0.4, 0.5) is 0 Å². The first-order valence-electron chi connectivity index (χ1n) is 8.01. The van der Waals surface area contributed by atoms with Crippen molar-refractivity contribution < 1.29 is 14.4 Å². The van der Waals surface area contributed by atoms with E-state index in [2.05, 4.69) is 10.3 Å². The number of benzene rings is 1. The third-order valence-corrected chi connectivity index (χ3v) is 3.80. The number of likely N-dealkylation sites (N-methyl/N-ethyl adjacent to an activating group) is 1. The topological polar surface area (TPSA) is 105 Å². The maximum Gasteiger partial charge on any atom is 0.245 e. The minimum atomic E-state index is -0.775. The fourth-order valence-corrected chi connectivity index (χ4v) is 2.61. The van der Waals surface area contributed by atoms with Crippen LogP contribution in [0, 0.1) is 0 Å². The van der Waals surface area contributed by atoms with Crippen LogP contribution in [0.25, 0.3) is 10.9 Å². The molecule has 1 heterocycles. The second-order valence-electron chi connectivity index (χ2n) is 5.99. The molecule has 0 bridgehead atoms. The molecular weight excluding hydrogens is 320 g/mol. The Balaban J connectivity index is 2.09. The molecule has 1 unspecified atom stereocenters. The predicted molar refractivity (Wildman–Crippen MR) is 94.3 cm³/mol. The first kappa shape index (κ1) is 18.4. The number of pyridine rings is 1. The van der Waals surface area contributed by atoms with E-state index in [1.54, 1.807) is 13.2 Å². The first-order chi connectivity index (χ1) is 11.9. The van der Waals surface area contributed by atoms with Crippen molar-refractivity contribution >= 4 is 28.6 Å². The van der Waals surface area contributed by atoms with E-state index in [0.29, 0.717) is 6.54 Å². The van der Waals surface area contributed by atoms with Crippen molar-refractivity contribution in [3.63, 3.8) is 0 Å². The van der Waals surface area contributed by atoms with E-state index in [-0.39, 0.29) is 24.7 Å². The van der Waals surface area contributed by atoms with Gasteiger partial charge in [-0.3, -0.25) is 19.4 Å². The SMILES string of the molecule is CC(=O)NC(CCC(N)=O)C(=O)N(C)Cc1cnc2ccccc2c1. The Morgan fingerprint density at radius 1 is 1.28 bits per heavy atom. The third-order valence-electron chi connectivity index (χ3n) is 3.80. The number of carbonyl (C=O) groups excluding carboxylic acids is 3. The van der Waals surface area contributed by atoms with Crippen molar-refractivity contribution in [2.75, 3.05) is 7.05 Å². The maximum atomic E-state index is 12.6. The third kappa shape index (κ3) is 5.27. The molecule has 0 saturated carbocycles. The number of nitrogens with two attached hydrogens (primary N) is 1. The second-order valence-corrected chi connectivity index (χ2v) is 5.99. The van der Waals surface area contributed by atoms with Crippen LogP contribution in [0.15, 0.2) is 36.5 Å². The summed E-state index contributed by atoms with van der Waals surface area (Å²) in [5.74, 6) is -1.11. The Hall–Kier alpha value is -2.96. The zero-order valence-electron chi connectivity index (χ0n) is 14.4. The highest BCUT2D eigenvalue weighted by Gasteiger charge is 2.23. The van der Waals surface area contributed by atoms with Crippen LogP contribution in [0.5, 0.6) is 0 Å². The normalized spacial score (nSPS) is 11.8. The smallest absolute Gasteiger partial charge is 0.245 e. The standard InChI is InChI=1S/C18H22N4O3/c1-12(23)21-16(7-8-17(19)24)18(25)22(2)11-13-9-14-5-3-4-6-15(14)20-10-13/h3-6,9-10,16H,7-8,11H2,1-2H3,(H2,19,24)(H,21,23). The fourth-order valence-electron chi connectivity index (χ4n) is 2.61. The molecule has 7 heteroatoms. The van der Waals surface area contributed by atoms with Crippen LogP contribution < -0.4 is 11.1 Å². The van der Waals surface area contributed by atoms with Crippen molar-refractivity contribution in [1.82, 2.24) is 15.2 Å². The van der Waals surface area contributed by atoms with Crippen molar-refractivity contribution in [2.24, 2.45) is 5.73 Å². The molecule has 0 aliphatic carbocycles. The molecule has 1 aromatic carbocycles. The van der Waals surface area contributed by atoms with Crippen LogP contribution in [0.2, 0.25) is 0 Å². The van der Waals surface area contributed by atoms with Gasteiger partial charge in [-0.05, 0) is 24.1 Å². The lowest BCUT2D eigenvalue weighted by molar-refractivity contribution is -0.135. The summed E-state index contributed by atoms with van der Waals surface area (Å²) in [6.45, 7) is 1.68. The average molecular weight is 342 g/mol. The van der Waals surface area contributed by atoms with Crippen LogP contribution in [0.1, 0.15) is 25.3 Å². The number of primary amides is 1. The Labute approximate surface area is 146 Å². The monoisotopic (exact) mass is 342 g/mol. The maximum absolute atomic E-state index is 12.6. The molecule has 7 nitrogen and oxygen atoms in total. The van der Waals surface area contributed by atoms with E-state index in [9.17, 15) is 14.4 Å². The summed E-state index contributed by atoms with van der Waals surface area (Å²) in [6, 6.07) is 8.93. The molecular formula is C18H22N4O3. The number of nitrogens with one attached hydrogen (secondary N) is 1. The second kappa shape index (κ2) is 8.23. The fraction of sp³-hybridized carbons (Fsp3) is 0.333. The number of carbonyl (C=O) groups is 3. The van der Waals surface area contributed by atoms with E-state index < -0.39 is 11.9 Å². The molecule has 3 N–H and O–H groups in total. The molecule has 0 radical (unpaired) electrons. The van der Waals surface area contributed by atoms with Gasteiger partial charge >= 0.3 is 0 Å². The van der Waals surface area contributed by atoms with E-state index in [1.165, 1.54) is 11.8 Å². The Morgan fingerprint density at radius 3 is 2.68 bits per heavy atom. The highest BCUT2D eigenvalue weighted by molar-refractivity contribution is 5.87. The Bertz CT molecular complexity index is 791. The highest BCUT2D eigenvalue weighted by Crippen LogP contribution is 2.14. The van der Waals surface area contributed by atoms with Crippen LogP contribution >= 0.6 is 0 Å². The molecule has 2 aromatic rings. The summed E-state index contributed by atoms with van der Waals surface area (Å²) in [5, 5.41) is 3.57. The summed E-state index contributed by atoms with van der Waals surface area (Å²) in [5.41, 5.74) is 6.91. The summed E-state index contributed by atoms with van der Waals surface area (Å²) in [4.78, 5) is 40.8. The van der Waals surface area contributed by atoms with Gasteiger partial charge in [0, 0.05) is 38.5 Å². The molecule has 0 aliphatic heterocycles. The molecule has 25 heavy (non-hydrogen) atoms. The van der Waals surface area contributed by atoms with E-state index in [1.807, 2.05) is 30.3 Å². The zero-order chi connectivity index (χ0) is 18.4. The minimum Gasteiger partial charge on any atom is -0.370 e. The van der Waals surface area contributed by atoms with E-state index in [4.69, 9.17) is 5.73 Å². The number of fused-ring (bicyclic) bond motifs is 1. The highest BCUT2D eigenvalue weighted by atomic mass is 16.2. The van der Waals surface area contributed by atoms with Crippen molar-refractivity contribution in [3.05, 3.63) is 42.1 Å². The quantitative estimate of drug-likeness (QED) is 0.782. The van der Waals surface area contributed by atoms with Gasteiger partial charge in [0.05, 0.1) is 5.52 Å². The number of nitrogens with zero attached hydrogens (tertiary/aromatic N) is 2. The Kier molecular flexibility index (Phi) is 6.05. The Morgan fingerprint density at radius 2 is 2.00 bits per heavy atom. The molecule has 132 valence electrons. The van der Waals surface area contributed by atoms with Crippen molar-refractivity contribution in [3.8, 4) is 0 Å². The van der Waals surface area contributed by atoms with Crippen LogP contribution in [-0.4, -0.2) is 40.7 Å². The number of aromatic nitrogens is 1. The number of rotatable bonds is 7. The van der Waals surface area contributed by atoms with Gasteiger partial charge < -0.3 is 16.0 Å². The minimum absolute atomic E-state index is 0.0298. The van der Waals surface area contributed by atoms with Crippen LogP contribution in [-0.2, 0) is 20.9 Å². The van der Waals surface area contributed by atoms with Gasteiger partial charge in [0.15, 0.2) is 0 Å². The molecule has 1 aromatic heterocycles. The lowest BCUT2D eigenvalue weighted by Crippen LogP contribution is -2.46. The largest absolute Gasteiger partial charge is 0.370 e. The average Bonchev–Trinajstić information content (AvgIpc) is 2.57. The summed E-state index contributed by atoms with van der Waals surface area (Å²) in [7, 11) is 1.65. The molecule has 1 atom stereocenters. The lowest BCUT2D eigenvalue weighted by atomic mass is 10.1. The molecule has 2 rings (SSSR count). The summed E-state index contributed by atoms with van der Waals surface area (Å²) >= 11 is 0. The molecule has 0 spiro atoms. The number of para-hydroxylation sites is 1.